The monoisotopic (exact) mass is 372 g/mol. The molecule has 0 aliphatic rings. The minimum absolute atomic E-state index is 0.941. The minimum atomic E-state index is 0.941. The van der Waals surface area contributed by atoms with Crippen molar-refractivity contribution in [1.29, 1.82) is 0 Å². The third-order valence-electron chi connectivity index (χ3n) is 5.95. The summed E-state index contributed by atoms with van der Waals surface area (Å²) in [6.45, 7) is 4.28. The second kappa shape index (κ2) is 5.96. The third-order valence-corrected chi connectivity index (χ3v) is 5.95. The van der Waals surface area contributed by atoms with Gasteiger partial charge in [-0.2, -0.15) is 0 Å². The summed E-state index contributed by atoms with van der Waals surface area (Å²) in [4.78, 5) is 0. The van der Waals surface area contributed by atoms with Gasteiger partial charge in [0.2, 0.25) is 0 Å². The molecular weight excluding hydrogens is 352 g/mol. The molecule has 0 aliphatic heterocycles. The van der Waals surface area contributed by atoms with E-state index in [0.29, 0.717) is 0 Å². The highest BCUT2D eigenvalue weighted by atomic mass is 16.3. The van der Waals surface area contributed by atoms with Crippen LogP contribution in [0.4, 0.5) is 0 Å². The van der Waals surface area contributed by atoms with Crippen LogP contribution in [0.3, 0.4) is 0 Å². The Morgan fingerprint density at radius 3 is 1.66 bits per heavy atom. The number of aryl methyl sites for hydroxylation is 2. The van der Waals surface area contributed by atoms with E-state index in [1.54, 1.807) is 0 Å². The smallest absolute Gasteiger partial charge is 0.135 e. The number of hydrogen-bond donors (Lipinski definition) is 0. The molecule has 1 aromatic heterocycles. The van der Waals surface area contributed by atoms with Crippen LogP contribution in [-0.2, 0) is 0 Å². The zero-order chi connectivity index (χ0) is 19.5. The van der Waals surface area contributed by atoms with E-state index in [-0.39, 0.29) is 0 Å². The summed E-state index contributed by atoms with van der Waals surface area (Å²) in [5.41, 5.74) is 6.87. The molecule has 0 saturated carbocycles. The van der Waals surface area contributed by atoms with Gasteiger partial charge in [0.15, 0.2) is 0 Å². The van der Waals surface area contributed by atoms with Gasteiger partial charge in [0.05, 0.1) is 0 Å². The second-order valence-electron chi connectivity index (χ2n) is 8.04. The van der Waals surface area contributed by atoms with E-state index >= 15 is 0 Å². The van der Waals surface area contributed by atoms with Gasteiger partial charge in [-0.1, -0.05) is 65.7 Å². The van der Waals surface area contributed by atoms with Crippen LogP contribution in [0.1, 0.15) is 11.1 Å². The Hall–Kier alpha value is -3.58. The molecule has 1 nitrogen and oxygen atoms in total. The lowest BCUT2D eigenvalue weighted by Gasteiger charge is -2.08. The molecule has 0 saturated heterocycles. The maximum absolute atomic E-state index is 6.04. The second-order valence-corrected chi connectivity index (χ2v) is 8.04. The molecule has 0 spiro atoms. The first-order valence-electron chi connectivity index (χ1n) is 10.0. The van der Waals surface area contributed by atoms with Gasteiger partial charge in [0.25, 0.3) is 0 Å². The van der Waals surface area contributed by atoms with Crippen LogP contribution >= 0.6 is 0 Å². The quantitative estimate of drug-likeness (QED) is 0.265. The minimum Gasteiger partial charge on any atom is -0.456 e. The van der Waals surface area contributed by atoms with E-state index in [0.717, 1.165) is 11.2 Å². The highest BCUT2D eigenvalue weighted by Crippen LogP contribution is 2.35. The van der Waals surface area contributed by atoms with Crippen LogP contribution in [0.5, 0.6) is 0 Å². The van der Waals surface area contributed by atoms with Crippen LogP contribution in [0.2, 0.25) is 0 Å². The lowest BCUT2D eigenvalue weighted by Crippen LogP contribution is -1.83. The Morgan fingerprint density at radius 1 is 0.448 bits per heavy atom. The predicted octanol–water partition coefficient (Wildman–Crippen LogP) is 8.18. The molecule has 6 aromatic rings. The van der Waals surface area contributed by atoms with E-state index in [4.69, 9.17) is 4.42 Å². The lowest BCUT2D eigenvalue weighted by atomic mass is 9.95. The van der Waals surface area contributed by atoms with Crippen LogP contribution in [0, 0.1) is 13.8 Å². The number of rotatable bonds is 1. The van der Waals surface area contributed by atoms with E-state index < -0.39 is 0 Å². The molecule has 0 bridgehead atoms. The van der Waals surface area contributed by atoms with Crippen molar-refractivity contribution in [2.45, 2.75) is 13.8 Å². The van der Waals surface area contributed by atoms with Crippen LogP contribution < -0.4 is 0 Å². The fraction of sp³-hybridized carbons (Fsp3) is 0.0714. The summed E-state index contributed by atoms with van der Waals surface area (Å²) < 4.78 is 6.04. The molecule has 0 unspecified atom stereocenters. The summed E-state index contributed by atoms with van der Waals surface area (Å²) in [6.07, 6.45) is 0. The standard InChI is InChI=1S/C28H20O/c1-17-3-5-19-6-7-20-8-9-21(15-24(20)23(19)13-17)22-10-12-28-26(16-22)25-14-18(2)4-11-27(25)29-28/h3-16H,1-2H3. The zero-order valence-electron chi connectivity index (χ0n) is 16.5. The van der Waals surface area contributed by atoms with Gasteiger partial charge in [-0.15, -0.1) is 0 Å². The van der Waals surface area contributed by atoms with E-state index in [1.165, 1.54) is 54.6 Å². The Bertz CT molecular complexity index is 1570. The highest BCUT2D eigenvalue weighted by Gasteiger charge is 2.10. The summed E-state index contributed by atoms with van der Waals surface area (Å²) in [6, 6.07) is 30.8. The van der Waals surface area contributed by atoms with Crippen molar-refractivity contribution in [3.8, 4) is 11.1 Å². The first-order chi connectivity index (χ1) is 14.2. The number of furan rings is 1. The predicted molar refractivity (Wildman–Crippen MR) is 124 cm³/mol. The van der Waals surface area contributed by atoms with Crippen molar-refractivity contribution < 1.29 is 4.42 Å². The lowest BCUT2D eigenvalue weighted by molar-refractivity contribution is 0.669. The largest absolute Gasteiger partial charge is 0.456 e. The molecule has 138 valence electrons. The molecule has 0 radical (unpaired) electrons. The fourth-order valence-corrected chi connectivity index (χ4v) is 4.41. The van der Waals surface area contributed by atoms with Gasteiger partial charge in [0.1, 0.15) is 11.2 Å². The molecular formula is C28H20O. The van der Waals surface area contributed by atoms with Gasteiger partial charge >= 0.3 is 0 Å². The first-order valence-corrected chi connectivity index (χ1v) is 10.0. The third kappa shape index (κ3) is 2.55. The molecule has 1 heteroatoms. The number of fused-ring (bicyclic) bond motifs is 6. The molecule has 6 rings (SSSR count). The summed E-state index contributed by atoms with van der Waals surface area (Å²) in [5.74, 6) is 0. The van der Waals surface area contributed by atoms with Crippen molar-refractivity contribution in [2.24, 2.45) is 0 Å². The van der Waals surface area contributed by atoms with Gasteiger partial charge in [-0.25, -0.2) is 0 Å². The van der Waals surface area contributed by atoms with E-state index in [9.17, 15) is 0 Å². The van der Waals surface area contributed by atoms with Crippen LogP contribution in [0.25, 0.3) is 54.6 Å². The topological polar surface area (TPSA) is 13.1 Å². The maximum Gasteiger partial charge on any atom is 0.135 e. The molecule has 1 heterocycles. The van der Waals surface area contributed by atoms with E-state index in [1.807, 2.05) is 0 Å². The Labute approximate surface area is 169 Å². The van der Waals surface area contributed by atoms with Crippen molar-refractivity contribution in [1.82, 2.24) is 0 Å². The van der Waals surface area contributed by atoms with Crippen molar-refractivity contribution in [3.05, 3.63) is 96.1 Å². The average molecular weight is 372 g/mol. The molecule has 0 amide bonds. The molecule has 29 heavy (non-hydrogen) atoms. The SMILES string of the molecule is Cc1ccc2ccc3ccc(-c4ccc5oc6ccc(C)cc6c5c4)cc3c2c1. The summed E-state index contributed by atoms with van der Waals surface area (Å²) in [7, 11) is 0. The first kappa shape index (κ1) is 16.4. The highest BCUT2D eigenvalue weighted by molar-refractivity contribution is 6.10. The number of hydrogen-bond acceptors (Lipinski definition) is 1. The maximum atomic E-state index is 6.04. The Balaban J connectivity index is 1.61. The average Bonchev–Trinajstić information content (AvgIpc) is 3.10. The Kier molecular flexibility index (Phi) is 3.36. The van der Waals surface area contributed by atoms with Crippen molar-refractivity contribution in [2.75, 3.05) is 0 Å². The zero-order valence-corrected chi connectivity index (χ0v) is 16.5. The molecule has 5 aromatic carbocycles. The summed E-state index contributed by atoms with van der Waals surface area (Å²) in [5, 5.41) is 7.54. The van der Waals surface area contributed by atoms with Gasteiger partial charge in [-0.3, -0.25) is 0 Å². The van der Waals surface area contributed by atoms with Gasteiger partial charge in [0, 0.05) is 10.8 Å². The Morgan fingerprint density at radius 2 is 0.897 bits per heavy atom. The molecule has 0 fully saturated rings. The number of benzene rings is 5. The molecule has 0 aliphatic carbocycles. The van der Waals surface area contributed by atoms with Crippen molar-refractivity contribution >= 4 is 43.5 Å². The summed E-state index contributed by atoms with van der Waals surface area (Å²) >= 11 is 0. The van der Waals surface area contributed by atoms with Gasteiger partial charge < -0.3 is 4.42 Å². The van der Waals surface area contributed by atoms with Gasteiger partial charge in [-0.05, 0) is 76.9 Å². The fourth-order valence-electron chi connectivity index (χ4n) is 4.41. The van der Waals surface area contributed by atoms with Crippen LogP contribution in [0.15, 0.2) is 89.3 Å². The normalized spacial score (nSPS) is 11.8. The van der Waals surface area contributed by atoms with Crippen LogP contribution in [-0.4, -0.2) is 0 Å². The van der Waals surface area contributed by atoms with Crippen molar-refractivity contribution in [3.63, 3.8) is 0 Å². The van der Waals surface area contributed by atoms with E-state index in [2.05, 4.69) is 98.8 Å². The molecule has 0 atom stereocenters. The molecule has 0 N–H and O–H groups in total.